The number of halogens is 16. The van der Waals surface area contributed by atoms with Crippen molar-refractivity contribution in [2.24, 2.45) is 0 Å². The minimum absolute atomic E-state index is 1.32. The van der Waals surface area contributed by atoms with Crippen molar-refractivity contribution >= 4 is 0 Å². The molecule has 0 saturated heterocycles. The third-order valence-electron chi connectivity index (χ3n) is 2.10. The predicted octanol–water partition coefficient (Wildman–Crippen LogP) is 5.67. The van der Waals surface area contributed by atoms with Crippen molar-refractivity contribution in [2.45, 2.75) is 36.3 Å². The molecule has 0 aliphatic heterocycles. The van der Waals surface area contributed by atoms with E-state index >= 15 is 0 Å². The third-order valence-corrected chi connectivity index (χ3v) is 2.10. The molecule has 0 aliphatic rings. The summed E-state index contributed by atoms with van der Waals surface area (Å²) in [5.74, 6) is -15.3. The Kier molecular flexibility index (Phi) is 6.11. The van der Waals surface area contributed by atoms with Gasteiger partial charge >= 0.3 is 48.4 Å². The molecule has 156 valence electrons. The highest BCUT2D eigenvalue weighted by molar-refractivity contribution is 4.95. The van der Waals surface area contributed by atoms with Gasteiger partial charge in [-0.25, -0.2) is 0 Å². The number of hydrogen-bond acceptors (Lipinski definition) is 2. The van der Waals surface area contributed by atoms with Crippen molar-refractivity contribution in [1.82, 2.24) is 0 Å². The van der Waals surface area contributed by atoms with E-state index in [-0.39, 0.29) is 0 Å². The summed E-state index contributed by atoms with van der Waals surface area (Å²) < 4.78 is 199. The monoisotopic (exact) mass is 432 g/mol. The first kappa shape index (κ1) is 24.4. The maximum atomic E-state index is 13.3. The first-order valence-corrected chi connectivity index (χ1v) is 5.09. The van der Waals surface area contributed by atoms with Gasteiger partial charge in [-0.2, -0.15) is 70.2 Å². The highest BCUT2D eigenvalue weighted by Gasteiger charge is 2.84. The summed E-state index contributed by atoms with van der Waals surface area (Å²) >= 11 is 0. The van der Waals surface area contributed by atoms with Gasteiger partial charge in [0.1, 0.15) is 0 Å². The molecule has 2 nitrogen and oxygen atoms in total. The van der Waals surface area contributed by atoms with Crippen LogP contribution in [0.25, 0.3) is 0 Å². The topological polar surface area (TPSA) is 18.5 Å². The SMILES string of the molecule is FC(F)=C(F)OC(F)(F)[C@](F)(OC(F)(F)C(F)(F)C(F)(F)F)C(F)(F)F. The van der Waals surface area contributed by atoms with E-state index in [9.17, 15) is 70.2 Å². The largest absolute Gasteiger partial charge is 0.471 e. The second kappa shape index (κ2) is 6.52. The van der Waals surface area contributed by atoms with Crippen LogP contribution in [0.2, 0.25) is 0 Å². The number of rotatable bonds is 6. The van der Waals surface area contributed by atoms with Crippen LogP contribution in [-0.2, 0) is 9.47 Å². The van der Waals surface area contributed by atoms with Crippen LogP contribution < -0.4 is 0 Å². The summed E-state index contributed by atoms with van der Waals surface area (Å²) in [7, 11) is 0. The zero-order valence-electron chi connectivity index (χ0n) is 10.9. The van der Waals surface area contributed by atoms with Crippen molar-refractivity contribution in [3.8, 4) is 0 Å². The van der Waals surface area contributed by atoms with Crippen LogP contribution in [0.4, 0.5) is 70.2 Å². The molecule has 0 rings (SSSR count). The van der Waals surface area contributed by atoms with E-state index in [0.29, 0.717) is 0 Å². The lowest BCUT2D eigenvalue weighted by Crippen LogP contribution is -2.65. The lowest BCUT2D eigenvalue weighted by atomic mass is 10.2. The van der Waals surface area contributed by atoms with Crippen LogP contribution in [0.5, 0.6) is 0 Å². The standard InChI is InChI=1S/C8F16O2/c9-1(10)2(11)25-8(23,24)4(14,6(18,19)20)26-7(21,22)3(12,13)5(15,16)17/t4-/m1/s1. The van der Waals surface area contributed by atoms with Crippen LogP contribution in [0.15, 0.2) is 12.1 Å². The van der Waals surface area contributed by atoms with Crippen molar-refractivity contribution in [3.63, 3.8) is 0 Å². The zero-order chi connectivity index (χ0) is 21.6. The maximum absolute atomic E-state index is 13.3. The lowest BCUT2D eigenvalue weighted by molar-refractivity contribution is -0.531. The molecule has 0 amide bonds. The molecular formula is C8F16O2. The first-order valence-electron chi connectivity index (χ1n) is 5.09. The Morgan fingerprint density at radius 2 is 0.923 bits per heavy atom. The van der Waals surface area contributed by atoms with Gasteiger partial charge in [-0.1, -0.05) is 0 Å². The summed E-state index contributed by atoms with van der Waals surface area (Å²) in [4.78, 5) is 0. The van der Waals surface area contributed by atoms with Gasteiger partial charge in [0.15, 0.2) is 0 Å². The minimum atomic E-state index is -7.68. The Morgan fingerprint density at radius 3 is 1.19 bits per heavy atom. The molecule has 0 aromatic heterocycles. The molecule has 18 heteroatoms. The molecule has 0 aliphatic carbocycles. The van der Waals surface area contributed by atoms with Gasteiger partial charge in [0.2, 0.25) is 0 Å². The molecule has 0 aromatic carbocycles. The summed E-state index contributed by atoms with van der Waals surface area (Å²) in [6.45, 7) is 0. The second-order valence-electron chi connectivity index (χ2n) is 3.94. The van der Waals surface area contributed by atoms with E-state index < -0.39 is 48.4 Å². The Labute approximate surface area is 129 Å². The van der Waals surface area contributed by atoms with E-state index in [4.69, 9.17) is 0 Å². The fourth-order valence-electron chi connectivity index (χ4n) is 0.905. The maximum Gasteiger partial charge on any atom is 0.471 e. The van der Waals surface area contributed by atoms with Crippen LogP contribution in [-0.4, -0.2) is 36.3 Å². The van der Waals surface area contributed by atoms with Gasteiger partial charge in [-0.3, -0.25) is 4.74 Å². The molecule has 26 heavy (non-hydrogen) atoms. The average molecular weight is 432 g/mol. The average Bonchev–Trinajstić information content (AvgIpc) is 2.34. The molecule has 0 bridgehead atoms. The van der Waals surface area contributed by atoms with Gasteiger partial charge in [0.05, 0.1) is 0 Å². The van der Waals surface area contributed by atoms with Crippen LogP contribution in [0.3, 0.4) is 0 Å². The fraction of sp³-hybridized carbons (Fsp3) is 0.750. The molecule has 1 atom stereocenters. The second-order valence-corrected chi connectivity index (χ2v) is 3.94. The Hall–Kier alpha value is -1.62. The smallest absolute Gasteiger partial charge is 0.398 e. The molecule has 0 radical (unpaired) electrons. The van der Waals surface area contributed by atoms with Crippen molar-refractivity contribution in [1.29, 1.82) is 0 Å². The Morgan fingerprint density at radius 1 is 0.538 bits per heavy atom. The quantitative estimate of drug-likeness (QED) is 0.398. The predicted molar refractivity (Wildman–Crippen MR) is 43.3 cm³/mol. The van der Waals surface area contributed by atoms with E-state index in [1.807, 2.05) is 0 Å². The zero-order valence-corrected chi connectivity index (χ0v) is 10.9. The molecule has 0 N–H and O–H groups in total. The van der Waals surface area contributed by atoms with E-state index in [1.54, 1.807) is 4.74 Å². The molecular weight excluding hydrogens is 432 g/mol. The summed E-state index contributed by atoms with van der Waals surface area (Å²) in [6, 6.07) is -4.00. The van der Waals surface area contributed by atoms with E-state index in [1.165, 1.54) is 4.74 Å². The van der Waals surface area contributed by atoms with E-state index in [0.717, 1.165) is 0 Å². The molecule has 0 spiro atoms. The van der Waals surface area contributed by atoms with Crippen LogP contribution in [0.1, 0.15) is 0 Å². The summed E-state index contributed by atoms with van der Waals surface area (Å²) in [6.07, 6.45) is -34.1. The summed E-state index contributed by atoms with van der Waals surface area (Å²) in [5, 5.41) is 0. The van der Waals surface area contributed by atoms with Crippen molar-refractivity contribution < 1.29 is 79.7 Å². The number of alkyl halides is 13. The van der Waals surface area contributed by atoms with Gasteiger partial charge in [0, 0.05) is 0 Å². The minimum Gasteiger partial charge on any atom is -0.398 e. The van der Waals surface area contributed by atoms with Gasteiger partial charge < -0.3 is 4.74 Å². The Bertz CT molecular complexity index is 539. The van der Waals surface area contributed by atoms with Crippen LogP contribution in [0, 0.1) is 0 Å². The highest BCUT2D eigenvalue weighted by Crippen LogP contribution is 2.55. The number of hydrogen-bond donors (Lipinski definition) is 0. The highest BCUT2D eigenvalue weighted by atomic mass is 19.4. The fourth-order valence-corrected chi connectivity index (χ4v) is 0.905. The first-order chi connectivity index (χ1) is 11.0. The Balaban J connectivity index is 6.27. The molecule has 0 unspecified atom stereocenters. The van der Waals surface area contributed by atoms with Crippen molar-refractivity contribution in [3.05, 3.63) is 12.1 Å². The van der Waals surface area contributed by atoms with Crippen molar-refractivity contribution in [2.75, 3.05) is 0 Å². The molecule has 0 aromatic rings. The third kappa shape index (κ3) is 4.20. The summed E-state index contributed by atoms with van der Waals surface area (Å²) in [5.41, 5.74) is 0. The molecule has 0 fully saturated rings. The lowest BCUT2D eigenvalue weighted by Gasteiger charge is -2.37. The number of ether oxygens (including phenoxy) is 2. The molecule has 0 heterocycles. The van der Waals surface area contributed by atoms with Gasteiger partial charge in [-0.05, 0) is 0 Å². The normalized spacial score (nSPS) is 16.9. The van der Waals surface area contributed by atoms with E-state index in [2.05, 4.69) is 0 Å². The van der Waals surface area contributed by atoms with Gasteiger partial charge in [0.25, 0.3) is 0 Å². The molecule has 0 saturated carbocycles. The van der Waals surface area contributed by atoms with Crippen LogP contribution >= 0.6 is 0 Å². The van der Waals surface area contributed by atoms with Gasteiger partial charge in [-0.15, -0.1) is 0 Å².